The zero-order chi connectivity index (χ0) is 13.8. The Hall–Kier alpha value is -1.58. The summed E-state index contributed by atoms with van der Waals surface area (Å²) >= 11 is -0.394. The van der Waals surface area contributed by atoms with Crippen molar-refractivity contribution in [1.29, 1.82) is 0 Å². The molecule has 1 aliphatic rings. The molecule has 1 aromatic rings. The Morgan fingerprint density at radius 3 is 2.26 bits per heavy atom. The van der Waals surface area contributed by atoms with E-state index in [9.17, 15) is 9.59 Å². The van der Waals surface area contributed by atoms with E-state index in [0.29, 0.717) is 4.47 Å². The van der Waals surface area contributed by atoms with Crippen LogP contribution in [0.4, 0.5) is 10.5 Å². The summed E-state index contributed by atoms with van der Waals surface area (Å²) in [6, 6.07) is 8.04. The Bertz CT molecular complexity index is 519. The van der Waals surface area contributed by atoms with Crippen LogP contribution in [0.25, 0.3) is 6.08 Å². The van der Waals surface area contributed by atoms with Crippen LogP contribution in [0.2, 0.25) is 0 Å². The zero-order valence-corrected chi connectivity index (χ0v) is 12.7. The third-order valence-corrected chi connectivity index (χ3v) is 4.66. The van der Waals surface area contributed by atoms with E-state index in [1.165, 1.54) is 5.69 Å². The Kier molecular flexibility index (Phi) is 4.40. The first-order valence-corrected chi connectivity index (χ1v) is 7.95. The number of anilines is 1. The molecule has 5 heteroatoms. The van der Waals surface area contributed by atoms with Gasteiger partial charge in [-0.3, -0.25) is 0 Å². The average Bonchev–Trinajstić information content (AvgIpc) is 2.71. The molecule has 0 spiro atoms. The van der Waals surface area contributed by atoms with Crippen LogP contribution in [0.15, 0.2) is 28.7 Å². The molecule has 4 nitrogen and oxygen atoms in total. The quantitative estimate of drug-likeness (QED) is 0.679. The summed E-state index contributed by atoms with van der Waals surface area (Å²) in [5.74, 6) is -0.252. The predicted molar refractivity (Wildman–Crippen MR) is 77.3 cm³/mol. The van der Waals surface area contributed by atoms with Crippen molar-refractivity contribution in [2.75, 3.05) is 18.0 Å². The molecule has 0 bridgehead atoms. The van der Waals surface area contributed by atoms with Crippen LogP contribution in [0.1, 0.15) is 19.4 Å². The van der Waals surface area contributed by atoms with Crippen LogP contribution in [0.5, 0.6) is 0 Å². The summed E-state index contributed by atoms with van der Waals surface area (Å²) < 4.78 is 0.591. The van der Waals surface area contributed by atoms with Crippen LogP contribution < -0.4 is 10.2 Å². The van der Waals surface area contributed by atoms with Crippen LogP contribution >= 0.6 is 0 Å². The average molecular weight is 323 g/mol. The second-order valence-electron chi connectivity index (χ2n) is 4.12. The molecule has 1 heterocycles. The number of amides is 2. The van der Waals surface area contributed by atoms with Crippen molar-refractivity contribution in [3.05, 3.63) is 34.3 Å². The normalized spacial score (nSPS) is 16.8. The third kappa shape index (κ3) is 3.25. The van der Waals surface area contributed by atoms with Crippen molar-refractivity contribution in [2.24, 2.45) is 0 Å². The van der Waals surface area contributed by atoms with Gasteiger partial charge in [-0.25, -0.2) is 0 Å². The predicted octanol–water partition coefficient (Wildman–Crippen LogP) is 1.83. The van der Waals surface area contributed by atoms with Crippen molar-refractivity contribution in [2.45, 2.75) is 13.8 Å². The van der Waals surface area contributed by atoms with Gasteiger partial charge in [0, 0.05) is 0 Å². The van der Waals surface area contributed by atoms with Crippen LogP contribution in [0, 0.1) is 0 Å². The van der Waals surface area contributed by atoms with Gasteiger partial charge in [-0.05, 0) is 0 Å². The third-order valence-electron chi connectivity index (χ3n) is 2.96. The Morgan fingerprint density at radius 1 is 1.16 bits per heavy atom. The van der Waals surface area contributed by atoms with Gasteiger partial charge in [0.05, 0.1) is 0 Å². The van der Waals surface area contributed by atoms with Crippen molar-refractivity contribution in [3.8, 4) is 0 Å². The van der Waals surface area contributed by atoms with Gasteiger partial charge in [0.25, 0.3) is 0 Å². The maximum atomic E-state index is 11.5. The second kappa shape index (κ2) is 6.04. The monoisotopic (exact) mass is 324 g/mol. The fraction of sp³-hybridized carbons (Fsp3) is 0.286. The number of benzene rings is 1. The molecule has 0 atom stereocenters. The molecule has 0 saturated carbocycles. The zero-order valence-electron chi connectivity index (χ0n) is 11.0. The van der Waals surface area contributed by atoms with E-state index in [2.05, 4.69) is 24.1 Å². The molecule has 0 aromatic heterocycles. The van der Waals surface area contributed by atoms with Gasteiger partial charge in [0.15, 0.2) is 0 Å². The van der Waals surface area contributed by atoms with Crippen molar-refractivity contribution in [3.63, 3.8) is 0 Å². The number of nitrogens with one attached hydrogen (secondary N) is 1. The van der Waals surface area contributed by atoms with E-state index >= 15 is 0 Å². The van der Waals surface area contributed by atoms with E-state index in [1.54, 1.807) is 6.08 Å². The van der Waals surface area contributed by atoms with Crippen LogP contribution in [-0.4, -0.2) is 38.8 Å². The molecule has 1 aliphatic heterocycles. The molecule has 2 amide bonds. The summed E-state index contributed by atoms with van der Waals surface area (Å²) in [7, 11) is 0. The van der Waals surface area contributed by atoms with Gasteiger partial charge in [0.1, 0.15) is 0 Å². The minimum absolute atomic E-state index is 0.163. The molecule has 0 aliphatic carbocycles. The standard InChI is InChI=1S/C14H16N2O2Se/c1-3-16(4-2)11-7-5-10(6-8-11)9-12-13(17)15-14(18)19-12/h5-9H,3-4H2,1-2H3,(H,15,17,18). The Balaban J connectivity index is 2.17. The van der Waals surface area contributed by atoms with Crippen LogP contribution in [-0.2, 0) is 4.79 Å². The number of hydrogen-bond acceptors (Lipinski definition) is 3. The fourth-order valence-electron chi connectivity index (χ4n) is 1.94. The summed E-state index contributed by atoms with van der Waals surface area (Å²) in [6.07, 6.45) is 1.80. The van der Waals surface area contributed by atoms with Gasteiger partial charge in [-0.15, -0.1) is 0 Å². The molecular formula is C14H16N2O2Se. The molecule has 1 saturated heterocycles. The first-order chi connectivity index (χ1) is 9.13. The van der Waals surface area contributed by atoms with E-state index in [4.69, 9.17) is 0 Å². The van der Waals surface area contributed by atoms with Gasteiger partial charge in [-0.1, -0.05) is 0 Å². The van der Waals surface area contributed by atoms with Gasteiger partial charge in [0.2, 0.25) is 0 Å². The topological polar surface area (TPSA) is 49.4 Å². The van der Waals surface area contributed by atoms with Crippen LogP contribution in [0.3, 0.4) is 0 Å². The van der Waals surface area contributed by atoms with Gasteiger partial charge >= 0.3 is 118 Å². The van der Waals surface area contributed by atoms with Crippen molar-refractivity contribution < 1.29 is 9.59 Å². The molecule has 1 N–H and O–H groups in total. The minimum atomic E-state index is -0.394. The van der Waals surface area contributed by atoms with E-state index in [-0.39, 0.29) is 10.7 Å². The van der Waals surface area contributed by atoms with E-state index < -0.39 is 15.0 Å². The summed E-state index contributed by atoms with van der Waals surface area (Å²) in [5, 5.41) is 2.31. The molecule has 2 rings (SSSR count). The van der Waals surface area contributed by atoms with Crippen molar-refractivity contribution in [1.82, 2.24) is 5.32 Å². The first-order valence-electron chi connectivity index (χ1n) is 6.24. The molecule has 19 heavy (non-hydrogen) atoms. The molecule has 1 fully saturated rings. The fourth-order valence-corrected chi connectivity index (χ4v) is 3.37. The van der Waals surface area contributed by atoms with Crippen molar-refractivity contribution >= 4 is 37.4 Å². The SMILES string of the molecule is CCN(CC)c1ccc(C=C2[Se]C(=O)NC2=O)cc1. The van der Waals surface area contributed by atoms with E-state index in [1.807, 2.05) is 24.3 Å². The second-order valence-corrected chi connectivity index (χ2v) is 6.25. The van der Waals surface area contributed by atoms with Gasteiger partial charge < -0.3 is 0 Å². The summed E-state index contributed by atoms with van der Waals surface area (Å²) in [4.78, 5) is 24.7. The maximum absolute atomic E-state index is 11.5. The summed E-state index contributed by atoms with van der Waals surface area (Å²) in [6.45, 7) is 6.18. The number of rotatable bonds is 4. The van der Waals surface area contributed by atoms with Gasteiger partial charge in [-0.2, -0.15) is 0 Å². The van der Waals surface area contributed by atoms with E-state index in [0.717, 1.165) is 18.7 Å². The molecule has 0 radical (unpaired) electrons. The Labute approximate surface area is 119 Å². The first kappa shape index (κ1) is 13.8. The molecule has 0 unspecified atom stereocenters. The molecule has 100 valence electrons. The Morgan fingerprint density at radius 2 is 1.79 bits per heavy atom. The molecule has 1 aromatic carbocycles. The molecular weight excluding hydrogens is 307 g/mol. The summed E-state index contributed by atoms with van der Waals surface area (Å²) in [5.41, 5.74) is 2.13. The number of imide groups is 1. The number of nitrogens with zero attached hydrogens (tertiary/aromatic N) is 1. The number of hydrogen-bond donors (Lipinski definition) is 1. The number of carbonyl (C=O) groups excluding carboxylic acids is 2. The number of carbonyl (C=O) groups is 2.